The van der Waals surface area contributed by atoms with Crippen LogP contribution in [0.15, 0.2) is 59.6 Å². The van der Waals surface area contributed by atoms with Gasteiger partial charge in [0.05, 0.1) is 12.8 Å². The molecule has 0 fully saturated rings. The Bertz CT molecular complexity index is 763. The highest BCUT2D eigenvalue weighted by molar-refractivity contribution is 6.06. The van der Waals surface area contributed by atoms with Crippen molar-refractivity contribution in [1.29, 1.82) is 0 Å². The number of hydrogen-bond donors (Lipinski definition) is 1. The second-order valence-corrected chi connectivity index (χ2v) is 5.27. The summed E-state index contributed by atoms with van der Waals surface area (Å²) in [6.45, 7) is 1.57. The van der Waals surface area contributed by atoms with Gasteiger partial charge in [-0.05, 0) is 25.1 Å². The van der Waals surface area contributed by atoms with Crippen LogP contribution in [0.2, 0.25) is 0 Å². The van der Waals surface area contributed by atoms with Crippen LogP contribution in [0.1, 0.15) is 12.5 Å². The lowest BCUT2D eigenvalue weighted by Crippen LogP contribution is -2.43. The lowest BCUT2D eigenvalue weighted by molar-refractivity contribution is -0.130. The Kier molecular flexibility index (Phi) is 3.73. The molecule has 0 saturated carbocycles. The molecule has 6 heteroatoms. The first-order chi connectivity index (χ1) is 11.1. The number of amides is 1. The van der Waals surface area contributed by atoms with E-state index >= 15 is 0 Å². The number of nitrogens with zero attached hydrogens (tertiary/aromatic N) is 2. The number of methoxy groups -OCH3 is 1. The van der Waals surface area contributed by atoms with Crippen LogP contribution in [-0.2, 0) is 15.1 Å². The van der Waals surface area contributed by atoms with Crippen LogP contribution < -0.4 is 5.43 Å². The topological polar surface area (TPSA) is 53.9 Å². The van der Waals surface area contributed by atoms with Crippen LogP contribution >= 0.6 is 0 Å². The van der Waals surface area contributed by atoms with Gasteiger partial charge in [-0.3, -0.25) is 10.2 Å². The zero-order valence-corrected chi connectivity index (χ0v) is 12.8. The molecule has 0 bridgehead atoms. The minimum Gasteiger partial charge on any atom is -0.467 e. The molecule has 1 aliphatic heterocycles. The van der Waals surface area contributed by atoms with Crippen molar-refractivity contribution < 1.29 is 13.9 Å². The molecule has 0 aromatic heterocycles. The van der Waals surface area contributed by atoms with Crippen LogP contribution in [0.4, 0.5) is 10.1 Å². The summed E-state index contributed by atoms with van der Waals surface area (Å²) < 4.78 is 19.3. The zero-order chi connectivity index (χ0) is 16.4. The highest BCUT2D eigenvalue weighted by Crippen LogP contribution is 2.35. The van der Waals surface area contributed by atoms with E-state index in [1.54, 1.807) is 37.3 Å². The number of carbonyl (C=O) groups is 1. The van der Waals surface area contributed by atoms with E-state index in [9.17, 15) is 9.18 Å². The Morgan fingerprint density at radius 1 is 1.13 bits per heavy atom. The number of carbonyl (C=O) groups excluding carboxylic acids is 1. The highest BCUT2D eigenvalue weighted by Gasteiger charge is 2.48. The summed E-state index contributed by atoms with van der Waals surface area (Å²) in [7, 11) is 1.42. The number of rotatable bonds is 3. The van der Waals surface area contributed by atoms with Crippen molar-refractivity contribution in [2.45, 2.75) is 12.5 Å². The molecule has 1 unspecified atom stereocenters. The van der Waals surface area contributed by atoms with Gasteiger partial charge in [-0.1, -0.05) is 36.4 Å². The third-order valence-corrected chi connectivity index (χ3v) is 3.73. The van der Waals surface area contributed by atoms with Gasteiger partial charge in [-0.25, -0.2) is 9.38 Å². The molecule has 23 heavy (non-hydrogen) atoms. The summed E-state index contributed by atoms with van der Waals surface area (Å²) in [5.74, 6) is -0.896. The summed E-state index contributed by atoms with van der Waals surface area (Å²) in [5.41, 5.74) is 2.47. The van der Waals surface area contributed by atoms with Gasteiger partial charge in [0.1, 0.15) is 5.82 Å². The van der Waals surface area contributed by atoms with Crippen LogP contribution in [-0.4, -0.2) is 24.0 Å². The van der Waals surface area contributed by atoms with Crippen molar-refractivity contribution in [2.75, 3.05) is 12.5 Å². The minimum absolute atomic E-state index is 0.0876. The molecule has 1 heterocycles. The molecular formula is C17H16FN3O2. The van der Waals surface area contributed by atoms with Gasteiger partial charge in [-0.15, -0.1) is 0 Å². The van der Waals surface area contributed by atoms with Gasteiger partial charge >= 0.3 is 6.02 Å². The molecule has 118 valence electrons. The average molecular weight is 313 g/mol. The van der Waals surface area contributed by atoms with E-state index in [1.807, 2.05) is 18.2 Å². The molecule has 2 aromatic carbocycles. The lowest BCUT2D eigenvalue weighted by atomic mass is 9.92. The van der Waals surface area contributed by atoms with E-state index in [0.29, 0.717) is 5.69 Å². The largest absolute Gasteiger partial charge is 0.467 e. The SMILES string of the molecule is COC1=NC(C)(c2ccccc2F)C(=O)N1Nc1ccccc1. The average Bonchev–Trinajstić information content (AvgIpc) is 2.81. The maximum Gasteiger partial charge on any atom is 0.315 e. The predicted molar refractivity (Wildman–Crippen MR) is 85.1 cm³/mol. The van der Waals surface area contributed by atoms with Crippen molar-refractivity contribution in [3.8, 4) is 0 Å². The number of hydrogen-bond acceptors (Lipinski definition) is 4. The molecule has 1 N–H and O–H groups in total. The lowest BCUT2D eigenvalue weighted by Gasteiger charge is -2.23. The standard InChI is InChI=1S/C17H16FN3O2/c1-17(13-10-6-7-11-14(13)18)15(22)21(16(19-17)23-2)20-12-8-4-3-5-9-12/h3-11,20H,1-2H3. The monoisotopic (exact) mass is 313 g/mol. The molecular weight excluding hydrogens is 297 g/mol. The molecule has 0 saturated heterocycles. The number of nitrogens with one attached hydrogen (secondary N) is 1. The van der Waals surface area contributed by atoms with Crippen molar-refractivity contribution in [3.05, 3.63) is 66.0 Å². The maximum atomic E-state index is 14.1. The smallest absolute Gasteiger partial charge is 0.315 e. The van der Waals surface area contributed by atoms with E-state index in [1.165, 1.54) is 18.2 Å². The normalized spacial score (nSPS) is 20.4. The van der Waals surface area contributed by atoms with Crippen LogP contribution in [0.25, 0.3) is 0 Å². The molecule has 0 aliphatic carbocycles. The predicted octanol–water partition coefficient (Wildman–Crippen LogP) is 2.91. The number of hydrazine groups is 1. The summed E-state index contributed by atoms with van der Waals surface area (Å²) >= 11 is 0. The molecule has 1 atom stereocenters. The van der Waals surface area contributed by atoms with Gasteiger partial charge in [0, 0.05) is 5.56 Å². The first-order valence-electron chi connectivity index (χ1n) is 7.11. The maximum absolute atomic E-state index is 14.1. The zero-order valence-electron chi connectivity index (χ0n) is 12.8. The fraction of sp³-hybridized carbons (Fsp3) is 0.176. The molecule has 1 amide bonds. The van der Waals surface area contributed by atoms with Crippen LogP contribution in [0.5, 0.6) is 0 Å². The third kappa shape index (κ3) is 2.52. The number of halogens is 1. The molecule has 0 spiro atoms. The molecule has 2 aromatic rings. The Balaban J connectivity index is 1.98. The van der Waals surface area contributed by atoms with E-state index < -0.39 is 17.3 Å². The highest BCUT2D eigenvalue weighted by atomic mass is 19.1. The number of aliphatic imine (C=N–C) groups is 1. The molecule has 1 aliphatic rings. The number of ether oxygens (including phenoxy) is 1. The van der Waals surface area contributed by atoms with Crippen LogP contribution in [0.3, 0.4) is 0 Å². The second kappa shape index (κ2) is 5.72. The van der Waals surface area contributed by atoms with E-state index in [-0.39, 0.29) is 11.6 Å². The summed E-state index contributed by atoms with van der Waals surface area (Å²) in [6, 6.07) is 15.3. The van der Waals surface area contributed by atoms with E-state index in [4.69, 9.17) is 4.74 Å². The van der Waals surface area contributed by atoms with Crippen molar-refractivity contribution in [1.82, 2.24) is 5.01 Å². The number of amidine groups is 1. The Morgan fingerprint density at radius 3 is 2.43 bits per heavy atom. The van der Waals surface area contributed by atoms with Gasteiger partial charge < -0.3 is 4.74 Å². The Labute approximate surface area is 133 Å². The van der Waals surface area contributed by atoms with E-state index in [0.717, 1.165) is 0 Å². The van der Waals surface area contributed by atoms with Gasteiger partial charge in [-0.2, -0.15) is 5.01 Å². The minimum atomic E-state index is -1.38. The first-order valence-corrected chi connectivity index (χ1v) is 7.11. The van der Waals surface area contributed by atoms with Gasteiger partial charge in [0.15, 0.2) is 5.54 Å². The van der Waals surface area contributed by atoms with Crippen molar-refractivity contribution >= 4 is 17.6 Å². The summed E-state index contributed by atoms with van der Waals surface area (Å²) in [5, 5.41) is 1.20. The third-order valence-electron chi connectivity index (χ3n) is 3.73. The van der Waals surface area contributed by atoms with Crippen molar-refractivity contribution in [2.24, 2.45) is 4.99 Å². The molecule has 5 nitrogen and oxygen atoms in total. The number of para-hydroxylation sites is 1. The summed E-state index contributed by atoms with van der Waals surface area (Å²) in [6.07, 6.45) is 0. The molecule has 0 radical (unpaired) electrons. The quantitative estimate of drug-likeness (QED) is 0.948. The Morgan fingerprint density at radius 2 is 1.78 bits per heavy atom. The van der Waals surface area contributed by atoms with Gasteiger partial charge in [0.25, 0.3) is 5.91 Å². The summed E-state index contributed by atoms with van der Waals surface area (Å²) in [4.78, 5) is 17.2. The number of anilines is 1. The number of benzene rings is 2. The van der Waals surface area contributed by atoms with Crippen molar-refractivity contribution in [3.63, 3.8) is 0 Å². The molecule has 3 rings (SSSR count). The first kappa shape index (κ1) is 15.0. The van der Waals surface area contributed by atoms with Gasteiger partial charge in [0.2, 0.25) is 0 Å². The Hall–Kier alpha value is -2.89. The fourth-order valence-corrected chi connectivity index (χ4v) is 2.50. The second-order valence-electron chi connectivity index (χ2n) is 5.27. The van der Waals surface area contributed by atoms with Crippen LogP contribution in [0, 0.1) is 5.82 Å². The van der Waals surface area contributed by atoms with E-state index in [2.05, 4.69) is 10.4 Å². The fourth-order valence-electron chi connectivity index (χ4n) is 2.50.